The summed E-state index contributed by atoms with van der Waals surface area (Å²) in [6, 6.07) is 1.52. The molecule has 19 heavy (non-hydrogen) atoms. The SMILES string of the molecule is CNC1CCCCCC1CN1CCCC(N(C)C)C1. The molecule has 0 aromatic heterocycles. The summed E-state index contributed by atoms with van der Waals surface area (Å²) in [5.74, 6) is 0.869. The zero-order chi connectivity index (χ0) is 13.7. The third kappa shape index (κ3) is 4.44. The van der Waals surface area contributed by atoms with Crippen molar-refractivity contribution < 1.29 is 0 Å². The van der Waals surface area contributed by atoms with E-state index in [0.717, 1.165) is 18.0 Å². The van der Waals surface area contributed by atoms with E-state index < -0.39 is 0 Å². The van der Waals surface area contributed by atoms with Crippen molar-refractivity contribution in [3.63, 3.8) is 0 Å². The minimum atomic E-state index is 0.752. The smallest absolute Gasteiger partial charge is 0.0217 e. The first-order valence-corrected chi connectivity index (χ1v) is 8.26. The molecule has 0 amide bonds. The van der Waals surface area contributed by atoms with Gasteiger partial charge in [-0.1, -0.05) is 19.3 Å². The molecule has 3 nitrogen and oxygen atoms in total. The summed E-state index contributed by atoms with van der Waals surface area (Å²) < 4.78 is 0. The number of likely N-dealkylation sites (tertiary alicyclic amines) is 1. The molecule has 0 bridgehead atoms. The second-order valence-electron chi connectivity index (χ2n) is 6.81. The molecule has 0 aromatic carbocycles. The molecule has 3 unspecified atom stereocenters. The predicted molar refractivity (Wildman–Crippen MR) is 82.6 cm³/mol. The molecule has 1 N–H and O–H groups in total. The molecular weight excluding hydrogens is 234 g/mol. The Morgan fingerprint density at radius 2 is 1.84 bits per heavy atom. The van der Waals surface area contributed by atoms with Crippen molar-refractivity contribution in [2.75, 3.05) is 40.8 Å². The fourth-order valence-corrected chi connectivity index (χ4v) is 3.93. The standard InChI is InChI=1S/C16H33N3/c1-17-16-10-6-4-5-8-14(16)12-19-11-7-9-15(13-19)18(2)3/h14-17H,4-13H2,1-3H3. The van der Waals surface area contributed by atoms with E-state index in [1.807, 2.05) is 0 Å². The number of nitrogens with one attached hydrogen (secondary N) is 1. The fourth-order valence-electron chi connectivity index (χ4n) is 3.93. The summed E-state index contributed by atoms with van der Waals surface area (Å²) in [6.07, 6.45) is 9.86. The Labute approximate surface area is 119 Å². The highest BCUT2D eigenvalue weighted by molar-refractivity contribution is 4.84. The van der Waals surface area contributed by atoms with E-state index in [0.29, 0.717) is 0 Å². The van der Waals surface area contributed by atoms with Gasteiger partial charge in [-0.05, 0) is 59.3 Å². The van der Waals surface area contributed by atoms with Crippen molar-refractivity contribution in [2.45, 2.75) is 57.0 Å². The van der Waals surface area contributed by atoms with E-state index in [-0.39, 0.29) is 0 Å². The topological polar surface area (TPSA) is 18.5 Å². The summed E-state index contributed by atoms with van der Waals surface area (Å²) >= 11 is 0. The summed E-state index contributed by atoms with van der Waals surface area (Å²) in [6.45, 7) is 3.91. The van der Waals surface area contributed by atoms with Gasteiger partial charge in [0.1, 0.15) is 0 Å². The highest BCUT2D eigenvalue weighted by Gasteiger charge is 2.27. The van der Waals surface area contributed by atoms with E-state index in [1.165, 1.54) is 64.6 Å². The zero-order valence-corrected chi connectivity index (χ0v) is 13.2. The lowest BCUT2D eigenvalue weighted by atomic mass is 9.93. The Bertz CT molecular complexity index is 254. The van der Waals surface area contributed by atoms with E-state index in [4.69, 9.17) is 0 Å². The quantitative estimate of drug-likeness (QED) is 0.788. The fraction of sp³-hybridized carbons (Fsp3) is 1.00. The van der Waals surface area contributed by atoms with Crippen molar-refractivity contribution in [1.82, 2.24) is 15.1 Å². The zero-order valence-electron chi connectivity index (χ0n) is 13.2. The van der Waals surface area contributed by atoms with Crippen LogP contribution in [-0.4, -0.2) is 62.7 Å². The van der Waals surface area contributed by atoms with Crippen LogP contribution in [0, 0.1) is 5.92 Å². The Kier molecular flexibility index (Phi) is 6.11. The highest BCUT2D eigenvalue weighted by Crippen LogP contribution is 2.25. The van der Waals surface area contributed by atoms with Crippen LogP contribution in [0.15, 0.2) is 0 Å². The number of hydrogen-bond donors (Lipinski definition) is 1. The average molecular weight is 267 g/mol. The Morgan fingerprint density at radius 3 is 2.58 bits per heavy atom. The summed E-state index contributed by atoms with van der Waals surface area (Å²) in [4.78, 5) is 5.14. The van der Waals surface area contributed by atoms with Crippen LogP contribution in [0.25, 0.3) is 0 Å². The molecular formula is C16H33N3. The summed E-state index contributed by atoms with van der Waals surface area (Å²) in [5.41, 5.74) is 0. The minimum absolute atomic E-state index is 0.752. The van der Waals surface area contributed by atoms with Crippen LogP contribution in [0.1, 0.15) is 44.9 Å². The second kappa shape index (κ2) is 7.61. The Balaban J connectivity index is 1.87. The van der Waals surface area contributed by atoms with E-state index in [9.17, 15) is 0 Å². The normalized spacial score (nSPS) is 34.4. The van der Waals surface area contributed by atoms with E-state index in [1.54, 1.807) is 0 Å². The first-order valence-electron chi connectivity index (χ1n) is 8.26. The number of hydrogen-bond acceptors (Lipinski definition) is 3. The lowest BCUT2D eigenvalue weighted by Gasteiger charge is -2.39. The van der Waals surface area contributed by atoms with Crippen molar-refractivity contribution >= 4 is 0 Å². The molecule has 1 saturated carbocycles. The van der Waals surface area contributed by atoms with Crippen LogP contribution in [0.4, 0.5) is 0 Å². The van der Waals surface area contributed by atoms with Crippen LogP contribution >= 0.6 is 0 Å². The lowest BCUT2D eigenvalue weighted by molar-refractivity contribution is 0.108. The maximum absolute atomic E-state index is 3.58. The van der Waals surface area contributed by atoms with Crippen molar-refractivity contribution in [1.29, 1.82) is 0 Å². The second-order valence-corrected chi connectivity index (χ2v) is 6.81. The van der Waals surface area contributed by atoms with Gasteiger partial charge in [0.2, 0.25) is 0 Å². The van der Waals surface area contributed by atoms with Crippen molar-refractivity contribution in [3.8, 4) is 0 Å². The third-order valence-electron chi connectivity index (χ3n) is 5.23. The first-order chi connectivity index (χ1) is 9.20. The Hall–Kier alpha value is -0.120. The van der Waals surface area contributed by atoms with Gasteiger partial charge in [-0.25, -0.2) is 0 Å². The molecule has 1 aliphatic heterocycles. The number of rotatable bonds is 4. The highest BCUT2D eigenvalue weighted by atomic mass is 15.2. The molecule has 0 aromatic rings. The van der Waals surface area contributed by atoms with Gasteiger partial charge in [0, 0.05) is 25.2 Å². The van der Waals surface area contributed by atoms with Gasteiger partial charge in [0.25, 0.3) is 0 Å². The molecule has 1 saturated heterocycles. The van der Waals surface area contributed by atoms with Gasteiger partial charge < -0.3 is 15.1 Å². The Morgan fingerprint density at radius 1 is 1.05 bits per heavy atom. The summed E-state index contributed by atoms with van der Waals surface area (Å²) in [5, 5.41) is 3.58. The van der Waals surface area contributed by atoms with E-state index >= 15 is 0 Å². The molecule has 0 radical (unpaired) electrons. The molecule has 1 aliphatic carbocycles. The molecule has 3 atom stereocenters. The molecule has 2 rings (SSSR count). The summed E-state index contributed by atoms with van der Waals surface area (Å²) in [7, 11) is 6.62. The van der Waals surface area contributed by atoms with Crippen molar-refractivity contribution in [2.24, 2.45) is 5.92 Å². The maximum atomic E-state index is 3.58. The monoisotopic (exact) mass is 267 g/mol. The van der Waals surface area contributed by atoms with Crippen LogP contribution < -0.4 is 5.32 Å². The molecule has 0 spiro atoms. The van der Waals surface area contributed by atoms with Crippen LogP contribution in [0.3, 0.4) is 0 Å². The minimum Gasteiger partial charge on any atom is -0.317 e. The number of nitrogens with zero attached hydrogens (tertiary/aromatic N) is 2. The molecule has 1 heterocycles. The molecule has 3 heteroatoms. The van der Waals surface area contributed by atoms with Gasteiger partial charge in [-0.3, -0.25) is 0 Å². The largest absolute Gasteiger partial charge is 0.317 e. The molecule has 2 aliphatic rings. The third-order valence-corrected chi connectivity index (χ3v) is 5.23. The van der Waals surface area contributed by atoms with Gasteiger partial charge >= 0.3 is 0 Å². The van der Waals surface area contributed by atoms with Gasteiger partial charge in [0.15, 0.2) is 0 Å². The van der Waals surface area contributed by atoms with Crippen LogP contribution in [-0.2, 0) is 0 Å². The lowest BCUT2D eigenvalue weighted by Crippen LogP contribution is -2.48. The number of likely N-dealkylation sites (N-methyl/N-ethyl adjacent to an activating group) is 1. The average Bonchev–Trinajstić information content (AvgIpc) is 2.64. The first kappa shape index (κ1) is 15.3. The van der Waals surface area contributed by atoms with Crippen LogP contribution in [0.5, 0.6) is 0 Å². The molecule has 2 fully saturated rings. The molecule has 112 valence electrons. The van der Waals surface area contributed by atoms with Gasteiger partial charge in [0.05, 0.1) is 0 Å². The maximum Gasteiger partial charge on any atom is 0.0217 e. The van der Waals surface area contributed by atoms with Crippen molar-refractivity contribution in [3.05, 3.63) is 0 Å². The van der Waals surface area contributed by atoms with Crippen LogP contribution in [0.2, 0.25) is 0 Å². The predicted octanol–water partition coefficient (Wildman–Crippen LogP) is 2.18. The number of piperidine rings is 1. The van der Waals surface area contributed by atoms with Gasteiger partial charge in [-0.15, -0.1) is 0 Å². The van der Waals surface area contributed by atoms with E-state index in [2.05, 4.69) is 36.3 Å². The van der Waals surface area contributed by atoms with Gasteiger partial charge in [-0.2, -0.15) is 0 Å².